The van der Waals surface area contributed by atoms with Gasteiger partial charge in [-0.3, -0.25) is 0 Å². The number of fused-ring (bicyclic) bond motifs is 1. The monoisotopic (exact) mass is 192 g/mol. The average molecular weight is 192 g/mol. The van der Waals surface area contributed by atoms with Crippen LogP contribution in [0.15, 0.2) is 24.0 Å². The molecule has 0 radical (unpaired) electrons. The van der Waals surface area contributed by atoms with Gasteiger partial charge in [0.1, 0.15) is 17.3 Å². The number of ether oxygens (including phenoxy) is 1. The highest BCUT2D eigenvalue weighted by Gasteiger charge is 2.30. The van der Waals surface area contributed by atoms with Crippen LogP contribution in [0, 0.1) is 0 Å². The van der Waals surface area contributed by atoms with E-state index < -0.39 is 5.60 Å². The summed E-state index contributed by atoms with van der Waals surface area (Å²) in [4.78, 5) is 0. The van der Waals surface area contributed by atoms with Crippen LogP contribution in [0.5, 0.6) is 11.5 Å². The molecule has 14 heavy (non-hydrogen) atoms. The van der Waals surface area contributed by atoms with Crippen molar-refractivity contribution in [3.63, 3.8) is 0 Å². The standard InChI is InChI=1S/C11H12O3/c1-11(2)10(13)6-7-5-8(12)3-4-9(7)14-11/h3-6,12-13H,1-2H3. The van der Waals surface area contributed by atoms with Gasteiger partial charge in [-0.05, 0) is 38.1 Å². The summed E-state index contributed by atoms with van der Waals surface area (Å²) in [5.74, 6) is 0.998. The highest BCUT2D eigenvalue weighted by Crippen LogP contribution is 2.35. The van der Waals surface area contributed by atoms with E-state index in [4.69, 9.17) is 4.74 Å². The maximum absolute atomic E-state index is 9.63. The zero-order valence-corrected chi connectivity index (χ0v) is 8.11. The van der Waals surface area contributed by atoms with Crippen molar-refractivity contribution in [1.29, 1.82) is 0 Å². The average Bonchev–Trinajstić information content (AvgIpc) is 2.08. The Morgan fingerprint density at radius 2 is 1.93 bits per heavy atom. The van der Waals surface area contributed by atoms with Gasteiger partial charge in [0, 0.05) is 5.56 Å². The summed E-state index contributed by atoms with van der Waals surface area (Å²) in [6, 6.07) is 4.81. The lowest BCUT2D eigenvalue weighted by atomic mass is 10.00. The summed E-state index contributed by atoms with van der Waals surface area (Å²) in [7, 11) is 0. The predicted molar refractivity (Wildman–Crippen MR) is 53.4 cm³/mol. The molecule has 74 valence electrons. The SMILES string of the molecule is CC1(C)Oc2ccc(O)cc2C=C1O. The molecular formula is C11H12O3. The Balaban J connectivity index is 2.54. The molecule has 1 aliphatic heterocycles. The molecule has 0 saturated heterocycles. The van der Waals surface area contributed by atoms with Gasteiger partial charge >= 0.3 is 0 Å². The lowest BCUT2D eigenvalue weighted by molar-refractivity contribution is 0.0936. The van der Waals surface area contributed by atoms with E-state index >= 15 is 0 Å². The molecule has 2 N–H and O–H groups in total. The number of aliphatic hydroxyl groups is 1. The fourth-order valence-electron chi connectivity index (χ4n) is 1.39. The van der Waals surface area contributed by atoms with E-state index in [9.17, 15) is 10.2 Å². The third-order valence-electron chi connectivity index (χ3n) is 2.27. The molecule has 0 bridgehead atoms. The maximum atomic E-state index is 9.63. The molecule has 0 amide bonds. The third kappa shape index (κ3) is 1.31. The molecule has 0 unspecified atom stereocenters. The van der Waals surface area contributed by atoms with Gasteiger partial charge < -0.3 is 14.9 Å². The summed E-state index contributed by atoms with van der Waals surface area (Å²) in [6.45, 7) is 3.57. The van der Waals surface area contributed by atoms with Crippen LogP contribution < -0.4 is 4.74 Å². The number of aliphatic hydroxyl groups excluding tert-OH is 1. The number of benzene rings is 1. The predicted octanol–water partition coefficient (Wildman–Crippen LogP) is 2.46. The molecule has 1 aromatic rings. The normalized spacial score (nSPS) is 18.0. The minimum atomic E-state index is -0.691. The Labute approximate surface area is 82.3 Å². The van der Waals surface area contributed by atoms with E-state index in [1.165, 1.54) is 0 Å². The van der Waals surface area contributed by atoms with E-state index in [0.29, 0.717) is 11.3 Å². The van der Waals surface area contributed by atoms with E-state index in [0.717, 1.165) is 0 Å². The van der Waals surface area contributed by atoms with Gasteiger partial charge in [-0.1, -0.05) is 0 Å². The number of hydrogen-bond acceptors (Lipinski definition) is 3. The first kappa shape index (κ1) is 8.94. The van der Waals surface area contributed by atoms with Crippen molar-refractivity contribution in [3.8, 4) is 11.5 Å². The van der Waals surface area contributed by atoms with Crippen molar-refractivity contribution in [2.45, 2.75) is 19.4 Å². The first-order valence-corrected chi connectivity index (χ1v) is 4.42. The summed E-state index contributed by atoms with van der Waals surface area (Å²) in [5.41, 5.74) is 0.00563. The Bertz CT molecular complexity index is 405. The molecule has 3 heteroatoms. The van der Waals surface area contributed by atoms with Gasteiger partial charge in [-0.2, -0.15) is 0 Å². The molecule has 0 aromatic heterocycles. The second-order valence-corrected chi connectivity index (χ2v) is 3.86. The molecule has 1 aromatic carbocycles. The molecule has 0 spiro atoms. The highest BCUT2D eigenvalue weighted by molar-refractivity contribution is 5.64. The van der Waals surface area contributed by atoms with Gasteiger partial charge in [-0.15, -0.1) is 0 Å². The minimum absolute atomic E-state index is 0.163. The van der Waals surface area contributed by atoms with Crippen molar-refractivity contribution in [2.75, 3.05) is 0 Å². The third-order valence-corrected chi connectivity index (χ3v) is 2.27. The maximum Gasteiger partial charge on any atom is 0.160 e. The zero-order valence-electron chi connectivity index (χ0n) is 8.11. The lowest BCUT2D eigenvalue weighted by Gasteiger charge is -2.30. The zero-order chi connectivity index (χ0) is 10.3. The Kier molecular flexibility index (Phi) is 1.71. The van der Waals surface area contributed by atoms with Crippen LogP contribution in [0.3, 0.4) is 0 Å². The van der Waals surface area contributed by atoms with Gasteiger partial charge in [0.05, 0.1) is 0 Å². The van der Waals surface area contributed by atoms with Gasteiger partial charge in [0.25, 0.3) is 0 Å². The van der Waals surface area contributed by atoms with Crippen LogP contribution in [0.25, 0.3) is 6.08 Å². The van der Waals surface area contributed by atoms with Crippen LogP contribution in [-0.4, -0.2) is 15.8 Å². The van der Waals surface area contributed by atoms with Crippen LogP contribution in [0.4, 0.5) is 0 Å². The molecule has 0 atom stereocenters. The smallest absolute Gasteiger partial charge is 0.160 e. The second kappa shape index (κ2) is 2.67. The molecule has 1 heterocycles. The van der Waals surface area contributed by atoms with E-state index in [2.05, 4.69) is 0 Å². The van der Waals surface area contributed by atoms with E-state index in [1.54, 1.807) is 38.1 Å². The summed E-state index contributed by atoms with van der Waals surface area (Å²) in [6.07, 6.45) is 1.61. The number of hydrogen-bond donors (Lipinski definition) is 2. The molecular weight excluding hydrogens is 180 g/mol. The van der Waals surface area contributed by atoms with E-state index in [-0.39, 0.29) is 11.5 Å². The van der Waals surface area contributed by atoms with Gasteiger partial charge in [-0.25, -0.2) is 0 Å². The summed E-state index contributed by atoms with van der Waals surface area (Å²) in [5, 5.41) is 18.9. The first-order chi connectivity index (χ1) is 6.49. The van der Waals surface area contributed by atoms with Crippen LogP contribution >= 0.6 is 0 Å². The fraction of sp³-hybridized carbons (Fsp3) is 0.273. The Morgan fingerprint density at radius 3 is 2.64 bits per heavy atom. The largest absolute Gasteiger partial charge is 0.508 e. The van der Waals surface area contributed by atoms with Crippen molar-refractivity contribution in [1.82, 2.24) is 0 Å². The topological polar surface area (TPSA) is 49.7 Å². The highest BCUT2D eigenvalue weighted by atomic mass is 16.5. The Hall–Kier alpha value is -1.64. The number of phenolic OH excluding ortho intramolecular Hbond substituents is 1. The van der Waals surface area contributed by atoms with E-state index in [1.807, 2.05) is 0 Å². The number of aromatic hydroxyl groups is 1. The quantitative estimate of drug-likeness (QED) is 0.663. The van der Waals surface area contributed by atoms with Crippen molar-refractivity contribution >= 4 is 6.08 Å². The molecule has 2 rings (SSSR count). The fourth-order valence-corrected chi connectivity index (χ4v) is 1.39. The molecule has 0 aliphatic carbocycles. The Morgan fingerprint density at radius 1 is 1.21 bits per heavy atom. The molecule has 1 aliphatic rings. The van der Waals surface area contributed by atoms with Crippen LogP contribution in [0.2, 0.25) is 0 Å². The van der Waals surface area contributed by atoms with Crippen molar-refractivity contribution in [2.24, 2.45) is 0 Å². The molecule has 0 fully saturated rings. The second-order valence-electron chi connectivity index (χ2n) is 3.86. The lowest BCUT2D eigenvalue weighted by Crippen LogP contribution is -2.33. The van der Waals surface area contributed by atoms with Crippen molar-refractivity contribution in [3.05, 3.63) is 29.5 Å². The molecule has 3 nitrogen and oxygen atoms in total. The van der Waals surface area contributed by atoms with Crippen LogP contribution in [0.1, 0.15) is 19.4 Å². The summed E-state index contributed by atoms with van der Waals surface area (Å²) < 4.78 is 5.56. The molecule has 0 saturated carbocycles. The first-order valence-electron chi connectivity index (χ1n) is 4.42. The van der Waals surface area contributed by atoms with Crippen molar-refractivity contribution < 1.29 is 14.9 Å². The number of rotatable bonds is 0. The van der Waals surface area contributed by atoms with Gasteiger partial charge in [0.15, 0.2) is 5.60 Å². The summed E-state index contributed by atoms with van der Waals surface area (Å²) >= 11 is 0. The number of phenols is 1. The minimum Gasteiger partial charge on any atom is -0.508 e. The van der Waals surface area contributed by atoms with Crippen LogP contribution in [-0.2, 0) is 0 Å². The van der Waals surface area contributed by atoms with Gasteiger partial charge in [0.2, 0.25) is 0 Å².